The topological polar surface area (TPSA) is 17.3 Å². The van der Waals surface area contributed by atoms with Gasteiger partial charge in [0.2, 0.25) is 0 Å². The number of halogens is 1. The standard InChI is InChI=1S/C10H11IN2/c1-7(2)10-4-9-3-8(11)5-13(9)6-12-10/h3-7H,1-2H3. The Morgan fingerprint density at radius 1 is 1.38 bits per heavy atom. The molecular weight excluding hydrogens is 275 g/mol. The van der Waals surface area contributed by atoms with E-state index in [2.05, 4.69) is 59.8 Å². The summed E-state index contributed by atoms with van der Waals surface area (Å²) < 4.78 is 3.30. The molecule has 0 amide bonds. The Morgan fingerprint density at radius 2 is 2.15 bits per heavy atom. The predicted octanol–water partition coefficient (Wildman–Crippen LogP) is 3.06. The van der Waals surface area contributed by atoms with Gasteiger partial charge in [-0.15, -0.1) is 0 Å². The first kappa shape index (κ1) is 8.99. The maximum Gasteiger partial charge on any atom is 0.0994 e. The predicted molar refractivity (Wildman–Crippen MR) is 62.0 cm³/mol. The second-order valence-corrected chi connectivity index (χ2v) is 4.70. The van der Waals surface area contributed by atoms with Gasteiger partial charge in [-0.25, -0.2) is 4.98 Å². The van der Waals surface area contributed by atoms with Crippen LogP contribution in [0.3, 0.4) is 0 Å². The van der Waals surface area contributed by atoms with E-state index in [0.29, 0.717) is 5.92 Å². The third-order valence-electron chi connectivity index (χ3n) is 2.06. The third kappa shape index (κ3) is 1.70. The van der Waals surface area contributed by atoms with Crippen LogP contribution >= 0.6 is 22.6 Å². The highest BCUT2D eigenvalue weighted by atomic mass is 127. The lowest BCUT2D eigenvalue weighted by Crippen LogP contribution is -1.94. The molecule has 0 saturated heterocycles. The van der Waals surface area contributed by atoms with Crippen LogP contribution in [-0.2, 0) is 0 Å². The summed E-state index contributed by atoms with van der Waals surface area (Å²) in [7, 11) is 0. The quantitative estimate of drug-likeness (QED) is 0.736. The molecule has 0 aliphatic carbocycles. The van der Waals surface area contributed by atoms with Crippen LogP contribution in [0.2, 0.25) is 0 Å². The van der Waals surface area contributed by atoms with Gasteiger partial charge in [-0.2, -0.15) is 0 Å². The average molecular weight is 286 g/mol. The van der Waals surface area contributed by atoms with Gasteiger partial charge < -0.3 is 4.40 Å². The molecule has 0 atom stereocenters. The van der Waals surface area contributed by atoms with Crippen molar-refractivity contribution in [2.75, 3.05) is 0 Å². The van der Waals surface area contributed by atoms with E-state index in [9.17, 15) is 0 Å². The highest BCUT2D eigenvalue weighted by Gasteiger charge is 2.02. The molecular formula is C10H11IN2. The van der Waals surface area contributed by atoms with Crippen molar-refractivity contribution in [2.45, 2.75) is 19.8 Å². The Kier molecular flexibility index (Phi) is 2.27. The number of hydrogen-bond donors (Lipinski definition) is 0. The zero-order chi connectivity index (χ0) is 9.42. The van der Waals surface area contributed by atoms with E-state index >= 15 is 0 Å². The maximum atomic E-state index is 4.38. The highest BCUT2D eigenvalue weighted by molar-refractivity contribution is 14.1. The lowest BCUT2D eigenvalue weighted by atomic mass is 10.1. The van der Waals surface area contributed by atoms with Crippen LogP contribution in [0.25, 0.3) is 5.52 Å². The van der Waals surface area contributed by atoms with Crippen molar-refractivity contribution in [3.8, 4) is 0 Å². The number of aromatic nitrogens is 2. The first-order valence-electron chi connectivity index (χ1n) is 4.30. The molecule has 13 heavy (non-hydrogen) atoms. The summed E-state index contributed by atoms with van der Waals surface area (Å²) in [4.78, 5) is 4.38. The molecule has 0 unspecified atom stereocenters. The lowest BCUT2D eigenvalue weighted by Gasteiger charge is -2.03. The minimum atomic E-state index is 0.498. The SMILES string of the molecule is CC(C)c1cc2cc(I)cn2cn1. The van der Waals surface area contributed by atoms with Crippen LogP contribution < -0.4 is 0 Å². The van der Waals surface area contributed by atoms with Gasteiger partial charge in [-0.1, -0.05) is 13.8 Å². The van der Waals surface area contributed by atoms with Crippen LogP contribution in [0.15, 0.2) is 24.7 Å². The second kappa shape index (κ2) is 3.29. The lowest BCUT2D eigenvalue weighted by molar-refractivity contribution is 0.813. The molecule has 68 valence electrons. The Hall–Kier alpha value is -0.580. The molecule has 0 spiro atoms. The molecule has 2 aromatic rings. The summed E-state index contributed by atoms with van der Waals surface area (Å²) in [6.07, 6.45) is 3.96. The molecule has 0 aliphatic rings. The van der Waals surface area contributed by atoms with Gasteiger partial charge in [0, 0.05) is 21.0 Å². The van der Waals surface area contributed by atoms with Crippen molar-refractivity contribution in [1.82, 2.24) is 9.38 Å². The van der Waals surface area contributed by atoms with Gasteiger partial charge >= 0.3 is 0 Å². The van der Waals surface area contributed by atoms with E-state index in [-0.39, 0.29) is 0 Å². The van der Waals surface area contributed by atoms with Crippen molar-refractivity contribution in [3.63, 3.8) is 0 Å². The fourth-order valence-corrected chi connectivity index (χ4v) is 1.93. The van der Waals surface area contributed by atoms with Crippen LogP contribution in [0.1, 0.15) is 25.5 Å². The van der Waals surface area contributed by atoms with Gasteiger partial charge in [0.15, 0.2) is 0 Å². The molecule has 2 aromatic heterocycles. The minimum Gasteiger partial charge on any atom is -0.307 e. The molecule has 0 aliphatic heterocycles. The molecule has 0 radical (unpaired) electrons. The number of nitrogens with zero attached hydrogens (tertiary/aromatic N) is 2. The molecule has 0 fully saturated rings. The van der Waals surface area contributed by atoms with Gasteiger partial charge in [0.1, 0.15) is 0 Å². The van der Waals surface area contributed by atoms with E-state index < -0.39 is 0 Å². The fraction of sp³-hybridized carbons (Fsp3) is 0.300. The normalized spacial score (nSPS) is 11.4. The molecule has 2 rings (SSSR count). The zero-order valence-corrected chi connectivity index (χ0v) is 9.82. The maximum absolute atomic E-state index is 4.38. The Bertz CT molecular complexity index is 431. The average Bonchev–Trinajstić information content (AvgIpc) is 2.42. The first-order valence-corrected chi connectivity index (χ1v) is 5.38. The Morgan fingerprint density at radius 3 is 2.85 bits per heavy atom. The molecule has 0 bridgehead atoms. The number of fused-ring (bicyclic) bond motifs is 1. The summed E-state index contributed by atoms with van der Waals surface area (Å²) >= 11 is 2.31. The van der Waals surface area contributed by atoms with Crippen LogP contribution in [0, 0.1) is 3.57 Å². The fourth-order valence-electron chi connectivity index (χ4n) is 1.31. The Labute approximate surface area is 91.1 Å². The Balaban J connectivity index is 2.61. The molecule has 0 aromatic carbocycles. The third-order valence-corrected chi connectivity index (χ3v) is 2.65. The molecule has 0 N–H and O–H groups in total. The van der Waals surface area contributed by atoms with Crippen LogP contribution in [0.5, 0.6) is 0 Å². The summed E-state index contributed by atoms with van der Waals surface area (Å²) in [6, 6.07) is 4.31. The molecule has 3 heteroatoms. The number of rotatable bonds is 1. The monoisotopic (exact) mass is 286 g/mol. The van der Waals surface area contributed by atoms with Crippen LogP contribution in [0.4, 0.5) is 0 Å². The summed E-state index contributed by atoms with van der Waals surface area (Å²) in [6.45, 7) is 4.32. The van der Waals surface area contributed by atoms with E-state index in [0.717, 1.165) is 5.69 Å². The summed E-state index contributed by atoms with van der Waals surface area (Å²) in [5, 5.41) is 0. The smallest absolute Gasteiger partial charge is 0.0994 e. The molecule has 2 nitrogen and oxygen atoms in total. The minimum absolute atomic E-state index is 0.498. The summed E-state index contributed by atoms with van der Waals surface area (Å²) in [5.74, 6) is 0.498. The van der Waals surface area contributed by atoms with Crippen molar-refractivity contribution in [3.05, 3.63) is 33.9 Å². The van der Waals surface area contributed by atoms with Crippen molar-refractivity contribution >= 4 is 28.1 Å². The van der Waals surface area contributed by atoms with Crippen molar-refractivity contribution < 1.29 is 0 Å². The van der Waals surface area contributed by atoms with E-state index in [1.165, 1.54) is 9.09 Å². The molecule has 2 heterocycles. The van der Waals surface area contributed by atoms with E-state index in [1.54, 1.807) is 0 Å². The largest absolute Gasteiger partial charge is 0.307 e. The molecule has 0 saturated carbocycles. The number of hydrogen-bond acceptors (Lipinski definition) is 1. The van der Waals surface area contributed by atoms with Gasteiger partial charge in [0.05, 0.1) is 6.33 Å². The first-order chi connectivity index (χ1) is 6.16. The second-order valence-electron chi connectivity index (χ2n) is 3.46. The van der Waals surface area contributed by atoms with E-state index in [1.807, 2.05) is 10.7 Å². The highest BCUT2D eigenvalue weighted by Crippen LogP contribution is 2.16. The van der Waals surface area contributed by atoms with Gasteiger partial charge in [-0.3, -0.25) is 0 Å². The van der Waals surface area contributed by atoms with Crippen molar-refractivity contribution in [1.29, 1.82) is 0 Å². The summed E-state index contributed by atoms with van der Waals surface area (Å²) in [5.41, 5.74) is 2.38. The van der Waals surface area contributed by atoms with E-state index in [4.69, 9.17) is 0 Å². The van der Waals surface area contributed by atoms with Gasteiger partial charge in [-0.05, 0) is 40.6 Å². The van der Waals surface area contributed by atoms with Gasteiger partial charge in [0.25, 0.3) is 0 Å². The zero-order valence-electron chi connectivity index (χ0n) is 7.66. The van der Waals surface area contributed by atoms with Crippen molar-refractivity contribution in [2.24, 2.45) is 0 Å². The van der Waals surface area contributed by atoms with Crippen LogP contribution in [-0.4, -0.2) is 9.38 Å².